The zero-order chi connectivity index (χ0) is 18.7. The van der Waals surface area contributed by atoms with E-state index in [1.54, 1.807) is 0 Å². The third-order valence-electron chi connectivity index (χ3n) is 4.70. The Morgan fingerprint density at radius 1 is 1.23 bits per heavy atom. The molecule has 0 bridgehead atoms. The number of anilines is 1. The maximum Gasteiger partial charge on any atom is 0.249 e. The van der Waals surface area contributed by atoms with Crippen LogP contribution in [0.2, 0.25) is 0 Å². The molecule has 1 fully saturated rings. The van der Waals surface area contributed by atoms with Crippen LogP contribution in [0.5, 0.6) is 0 Å². The van der Waals surface area contributed by atoms with Gasteiger partial charge >= 0.3 is 0 Å². The zero-order valence-electron chi connectivity index (χ0n) is 15.3. The summed E-state index contributed by atoms with van der Waals surface area (Å²) in [6.07, 6.45) is 2.63. The number of hydrogen-bond acceptors (Lipinski definition) is 5. The van der Waals surface area contributed by atoms with Gasteiger partial charge in [0.05, 0.1) is 0 Å². The molecule has 138 valence electrons. The van der Waals surface area contributed by atoms with Gasteiger partial charge in [-0.25, -0.2) is 0 Å². The first-order valence-electron chi connectivity index (χ1n) is 8.99. The summed E-state index contributed by atoms with van der Waals surface area (Å²) < 4.78 is 0. The molecule has 2 N–H and O–H groups in total. The summed E-state index contributed by atoms with van der Waals surface area (Å²) in [4.78, 5) is 24.8. The molecule has 0 radical (unpaired) electrons. The van der Waals surface area contributed by atoms with E-state index in [1.807, 2.05) is 45.0 Å². The van der Waals surface area contributed by atoms with Crippen LogP contribution in [0.1, 0.15) is 38.7 Å². The van der Waals surface area contributed by atoms with Gasteiger partial charge in [-0.1, -0.05) is 61.4 Å². The summed E-state index contributed by atoms with van der Waals surface area (Å²) in [6.45, 7) is 6.00. The van der Waals surface area contributed by atoms with Gasteiger partial charge in [0, 0.05) is 11.5 Å². The first-order valence-corrected chi connectivity index (χ1v) is 9.81. The molecule has 1 aliphatic rings. The van der Waals surface area contributed by atoms with Crippen LogP contribution in [0.25, 0.3) is 10.6 Å². The minimum absolute atomic E-state index is 0.0249. The molecule has 7 heteroatoms. The predicted molar refractivity (Wildman–Crippen MR) is 103 cm³/mol. The van der Waals surface area contributed by atoms with Crippen LogP contribution in [0.3, 0.4) is 0 Å². The maximum atomic E-state index is 12.7. The molecule has 0 spiro atoms. The second-order valence-corrected chi connectivity index (χ2v) is 7.89. The molecule has 1 aromatic heterocycles. The van der Waals surface area contributed by atoms with Crippen molar-refractivity contribution >= 4 is 28.3 Å². The average Bonchev–Trinajstić information content (AvgIpc) is 3.39. The number of benzene rings is 1. The highest BCUT2D eigenvalue weighted by Gasteiger charge is 2.34. The van der Waals surface area contributed by atoms with Crippen molar-refractivity contribution < 1.29 is 9.59 Å². The molecular formula is C19H24N4O2S. The first kappa shape index (κ1) is 18.5. The summed E-state index contributed by atoms with van der Waals surface area (Å²) in [5.74, 6) is -0.144. The highest BCUT2D eigenvalue weighted by atomic mass is 32.1. The number of aromatic nitrogens is 2. The Morgan fingerprint density at radius 2 is 1.92 bits per heavy atom. The monoisotopic (exact) mass is 372 g/mol. The van der Waals surface area contributed by atoms with E-state index >= 15 is 0 Å². The lowest BCUT2D eigenvalue weighted by atomic mass is 9.98. The van der Waals surface area contributed by atoms with E-state index in [4.69, 9.17) is 0 Å². The van der Waals surface area contributed by atoms with Gasteiger partial charge in [-0.2, -0.15) is 0 Å². The minimum atomic E-state index is -0.556. The quantitative estimate of drug-likeness (QED) is 0.780. The molecule has 2 atom stereocenters. The summed E-state index contributed by atoms with van der Waals surface area (Å²) >= 11 is 1.33. The van der Waals surface area contributed by atoms with Gasteiger partial charge in [-0.15, -0.1) is 10.2 Å². The summed E-state index contributed by atoms with van der Waals surface area (Å²) in [7, 11) is 0. The Morgan fingerprint density at radius 3 is 2.54 bits per heavy atom. The van der Waals surface area contributed by atoms with E-state index < -0.39 is 6.04 Å². The van der Waals surface area contributed by atoms with E-state index in [2.05, 4.69) is 20.8 Å². The van der Waals surface area contributed by atoms with Crippen LogP contribution < -0.4 is 10.6 Å². The Hall–Kier alpha value is -2.28. The smallest absolute Gasteiger partial charge is 0.249 e. The normalized spacial score (nSPS) is 16.0. The Bertz CT molecular complexity index is 783. The minimum Gasteiger partial charge on any atom is -0.344 e. The lowest BCUT2D eigenvalue weighted by molar-refractivity contribution is -0.128. The van der Waals surface area contributed by atoms with Crippen LogP contribution in [-0.2, 0) is 9.59 Å². The van der Waals surface area contributed by atoms with E-state index in [0.29, 0.717) is 5.13 Å². The van der Waals surface area contributed by atoms with Crippen molar-refractivity contribution in [1.82, 2.24) is 15.5 Å². The number of nitrogens with one attached hydrogen (secondary N) is 2. The molecule has 26 heavy (non-hydrogen) atoms. The van der Waals surface area contributed by atoms with Crippen molar-refractivity contribution in [3.05, 3.63) is 29.8 Å². The molecule has 0 unspecified atom stereocenters. The van der Waals surface area contributed by atoms with Gasteiger partial charge in [0.25, 0.3) is 0 Å². The zero-order valence-corrected chi connectivity index (χ0v) is 16.1. The molecule has 0 saturated heterocycles. The topological polar surface area (TPSA) is 84.0 Å². The van der Waals surface area contributed by atoms with E-state index in [9.17, 15) is 9.59 Å². The third kappa shape index (κ3) is 4.46. The number of rotatable bonds is 7. The van der Waals surface area contributed by atoms with Gasteiger partial charge in [0.2, 0.25) is 16.9 Å². The SMILES string of the molecule is CC[C@H](C)[C@@H](NC(=O)C1CC1)C(=O)Nc1nnc(-c2ccc(C)cc2)s1. The number of amides is 2. The van der Waals surface area contributed by atoms with Gasteiger partial charge in [-0.05, 0) is 25.7 Å². The molecule has 3 rings (SSSR count). The third-order valence-corrected chi connectivity index (χ3v) is 5.58. The lowest BCUT2D eigenvalue weighted by Gasteiger charge is -2.22. The molecule has 2 aromatic rings. The Labute approximate surface area is 157 Å². The lowest BCUT2D eigenvalue weighted by Crippen LogP contribution is -2.48. The number of nitrogens with zero attached hydrogens (tertiary/aromatic N) is 2. The van der Waals surface area contributed by atoms with Crippen molar-refractivity contribution in [1.29, 1.82) is 0 Å². The summed E-state index contributed by atoms with van der Waals surface area (Å²) in [5, 5.41) is 15.1. The molecule has 2 amide bonds. The Balaban J connectivity index is 1.68. The molecule has 1 aromatic carbocycles. The second-order valence-electron chi connectivity index (χ2n) is 6.91. The molecule has 1 saturated carbocycles. The van der Waals surface area contributed by atoms with Crippen molar-refractivity contribution in [3.8, 4) is 10.6 Å². The van der Waals surface area contributed by atoms with E-state index in [0.717, 1.165) is 29.8 Å². The van der Waals surface area contributed by atoms with Gasteiger partial charge in [0.15, 0.2) is 0 Å². The fourth-order valence-corrected chi connectivity index (χ4v) is 3.34. The summed E-state index contributed by atoms with van der Waals surface area (Å²) in [6, 6.07) is 7.45. The van der Waals surface area contributed by atoms with Crippen LogP contribution in [-0.4, -0.2) is 28.1 Å². The molecule has 6 nitrogen and oxygen atoms in total. The van der Waals surface area contributed by atoms with Crippen LogP contribution in [0, 0.1) is 18.8 Å². The fraction of sp³-hybridized carbons (Fsp3) is 0.474. The second kappa shape index (κ2) is 7.95. The van der Waals surface area contributed by atoms with Crippen LogP contribution in [0.4, 0.5) is 5.13 Å². The maximum absolute atomic E-state index is 12.7. The molecule has 0 aliphatic heterocycles. The standard InChI is InChI=1S/C19H24N4O2S/c1-4-12(3)15(20-16(24)13-9-10-13)17(25)21-19-23-22-18(26-19)14-7-5-11(2)6-8-14/h5-8,12-13,15H,4,9-10H2,1-3H3,(H,20,24)(H,21,23,25)/t12-,15+/m0/s1. The molecule has 1 heterocycles. The largest absolute Gasteiger partial charge is 0.344 e. The van der Waals surface area contributed by atoms with Crippen molar-refractivity contribution in [2.75, 3.05) is 5.32 Å². The predicted octanol–water partition coefficient (Wildman–Crippen LogP) is 3.39. The Kier molecular flexibility index (Phi) is 5.66. The highest BCUT2D eigenvalue weighted by Crippen LogP contribution is 2.30. The van der Waals surface area contributed by atoms with Crippen molar-refractivity contribution in [2.24, 2.45) is 11.8 Å². The van der Waals surface area contributed by atoms with Gasteiger partial charge < -0.3 is 5.32 Å². The van der Waals surface area contributed by atoms with Crippen LogP contribution >= 0.6 is 11.3 Å². The average molecular weight is 372 g/mol. The summed E-state index contributed by atoms with van der Waals surface area (Å²) in [5.41, 5.74) is 2.14. The number of carbonyl (C=O) groups excluding carboxylic acids is 2. The molecular weight excluding hydrogens is 348 g/mol. The molecule has 1 aliphatic carbocycles. The van der Waals surface area contributed by atoms with Crippen LogP contribution in [0.15, 0.2) is 24.3 Å². The van der Waals surface area contributed by atoms with E-state index in [-0.39, 0.29) is 23.7 Å². The number of hydrogen-bond donors (Lipinski definition) is 2. The van der Waals surface area contributed by atoms with E-state index in [1.165, 1.54) is 16.9 Å². The number of aryl methyl sites for hydroxylation is 1. The van der Waals surface area contributed by atoms with Gasteiger partial charge in [-0.3, -0.25) is 14.9 Å². The van der Waals surface area contributed by atoms with Crippen molar-refractivity contribution in [2.45, 2.75) is 46.1 Å². The highest BCUT2D eigenvalue weighted by molar-refractivity contribution is 7.18. The van der Waals surface area contributed by atoms with Gasteiger partial charge in [0.1, 0.15) is 11.0 Å². The first-order chi connectivity index (χ1) is 12.5. The number of carbonyl (C=O) groups is 2. The fourth-order valence-electron chi connectivity index (χ4n) is 2.59. The van der Waals surface area contributed by atoms with Crippen molar-refractivity contribution in [3.63, 3.8) is 0 Å².